The highest BCUT2D eigenvalue weighted by Crippen LogP contribution is 2.41. The summed E-state index contributed by atoms with van der Waals surface area (Å²) in [6.07, 6.45) is 1.81. The Hall–Kier alpha value is -2.28. The number of fused-ring (bicyclic) bond motifs is 1. The fourth-order valence-corrected chi connectivity index (χ4v) is 3.81. The Morgan fingerprint density at radius 1 is 1.22 bits per heavy atom. The Labute approximate surface area is 167 Å². The first-order valence-electron chi connectivity index (χ1n) is 8.40. The number of para-hydroxylation sites is 1. The van der Waals surface area contributed by atoms with Crippen LogP contribution in [0.3, 0.4) is 0 Å². The van der Waals surface area contributed by atoms with Gasteiger partial charge < -0.3 is 10.1 Å². The third-order valence-electron chi connectivity index (χ3n) is 3.93. The van der Waals surface area contributed by atoms with E-state index in [-0.39, 0.29) is 18.4 Å². The number of benzene rings is 2. The highest BCUT2D eigenvalue weighted by molar-refractivity contribution is 8.04. The molecule has 3 rings (SSSR count). The van der Waals surface area contributed by atoms with Crippen LogP contribution in [0.4, 0.5) is 5.69 Å². The monoisotopic (exact) mass is 402 g/mol. The number of nitrogens with zero attached hydrogens (tertiary/aromatic N) is 1. The average Bonchev–Trinajstić information content (AvgIpc) is 2.67. The fourth-order valence-electron chi connectivity index (χ4n) is 2.62. The van der Waals surface area contributed by atoms with Crippen LogP contribution in [0, 0.1) is 0 Å². The molecule has 2 amide bonds. The number of hydrogen-bond acceptors (Lipinski definition) is 4. The van der Waals surface area contributed by atoms with Crippen molar-refractivity contribution in [3.8, 4) is 0 Å². The summed E-state index contributed by atoms with van der Waals surface area (Å²) < 4.78 is 4.93. The molecule has 0 fully saturated rings. The number of rotatable bonds is 6. The van der Waals surface area contributed by atoms with Crippen LogP contribution >= 0.6 is 23.4 Å². The predicted molar refractivity (Wildman–Crippen MR) is 109 cm³/mol. The molecule has 0 aliphatic carbocycles. The molecular formula is C20H19ClN2O3S. The van der Waals surface area contributed by atoms with Crippen molar-refractivity contribution < 1.29 is 14.3 Å². The molecule has 1 N–H and O–H groups in total. The van der Waals surface area contributed by atoms with Crippen molar-refractivity contribution in [2.45, 2.75) is 4.90 Å². The Balaban J connectivity index is 1.86. The van der Waals surface area contributed by atoms with Crippen LogP contribution < -0.4 is 10.2 Å². The maximum Gasteiger partial charge on any atom is 0.265 e. The van der Waals surface area contributed by atoms with Gasteiger partial charge in [-0.15, -0.1) is 0 Å². The standard InChI is InChI=1S/C20H19ClN2O3S/c1-26-11-10-22-19(24)13-23-16-4-2-3-5-17(16)27-18(20(23)25)12-14-6-8-15(21)9-7-14/h2-9,12H,10-11,13H2,1H3,(H,22,24)/b18-12-. The summed E-state index contributed by atoms with van der Waals surface area (Å²) in [6, 6.07) is 14.8. The lowest BCUT2D eigenvalue weighted by atomic mass is 10.2. The number of thioether (sulfide) groups is 1. The van der Waals surface area contributed by atoms with Crippen molar-refractivity contribution in [3.63, 3.8) is 0 Å². The van der Waals surface area contributed by atoms with Crippen LogP contribution in [0.2, 0.25) is 5.02 Å². The highest BCUT2D eigenvalue weighted by Gasteiger charge is 2.30. The number of carbonyl (C=O) groups excluding carboxylic acids is 2. The van der Waals surface area contributed by atoms with E-state index in [4.69, 9.17) is 16.3 Å². The second-order valence-electron chi connectivity index (χ2n) is 5.86. The number of hydrogen-bond donors (Lipinski definition) is 1. The van der Waals surface area contributed by atoms with Crippen molar-refractivity contribution in [3.05, 3.63) is 64.0 Å². The molecule has 1 aliphatic heterocycles. The zero-order chi connectivity index (χ0) is 19.2. The average molecular weight is 403 g/mol. The minimum Gasteiger partial charge on any atom is -0.383 e. The van der Waals surface area contributed by atoms with Crippen molar-refractivity contribution in [1.29, 1.82) is 0 Å². The maximum absolute atomic E-state index is 13.0. The Kier molecular flexibility index (Phi) is 6.55. The lowest BCUT2D eigenvalue weighted by molar-refractivity contribution is -0.122. The molecule has 0 spiro atoms. The molecule has 7 heteroatoms. The zero-order valence-electron chi connectivity index (χ0n) is 14.8. The zero-order valence-corrected chi connectivity index (χ0v) is 16.3. The summed E-state index contributed by atoms with van der Waals surface area (Å²) in [6.45, 7) is 0.785. The van der Waals surface area contributed by atoms with Gasteiger partial charge in [0.25, 0.3) is 5.91 Å². The summed E-state index contributed by atoms with van der Waals surface area (Å²) in [5.74, 6) is -0.427. The molecule has 2 aromatic rings. The third kappa shape index (κ3) is 4.91. The highest BCUT2D eigenvalue weighted by atomic mass is 35.5. The van der Waals surface area contributed by atoms with E-state index in [1.54, 1.807) is 19.2 Å². The van der Waals surface area contributed by atoms with E-state index in [9.17, 15) is 9.59 Å². The van der Waals surface area contributed by atoms with Gasteiger partial charge in [-0.2, -0.15) is 0 Å². The second-order valence-corrected chi connectivity index (χ2v) is 7.38. The maximum atomic E-state index is 13.0. The molecule has 0 unspecified atom stereocenters. The quantitative estimate of drug-likeness (QED) is 0.592. The number of halogens is 1. The van der Waals surface area contributed by atoms with E-state index < -0.39 is 0 Å². The largest absolute Gasteiger partial charge is 0.383 e. The van der Waals surface area contributed by atoms with Crippen molar-refractivity contribution in [2.75, 3.05) is 31.7 Å². The summed E-state index contributed by atoms with van der Waals surface area (Å²) in [5, 5.41) is 3.39. The molecule has 0 radical (unpaired) electrons. The second kappa shape index (κ2) is 9.08. The lowest BCUT2D eigenvalue weighted by Gasteiger charge is -2.29. The van der Waals surface area contributed by atoms with Gasteiger partial charge in [0.05, 0.1) is 17.2 Å². The summed E-state index contributed by atoms with van der Waals surface area (Å²) in [5.41, 5.74) is 1.61. The van der Waals surface area contributed by atoms with Crippen molar-refractivity contribution >= 4 is 46.9 Å². The molecule has 5 nitrogen and oxygen atoms in total. The predicted octanol–water partition coefficient (Wildman–Crippen LogP) is 3.58. The first-order chi connectivity index (χ1) is 13.1. The Morgan fingerprint density at radius 3 is 2.70 bits per heavy atom. The smallest absolute Gasteiger partial charge is 0.265 e. The van der Waals surface area contributed by atoms with Gasteiger partial charge in [-0.1, -0.05) is 47.6 Å². The van der Waals surface area contributed by atoms with Gasteiger partial charge in [-0.3, -0.25) is 14.5 Å². The van der Waals surface area contributed by atoms with E-state index >= 15 is 0 Å². The van der Waals surface area contributed by atoms with Crippen LogP contribution in [0.15, 0.2) is 58.3 Å². The van der Waals surface area contributed by atoms with Gasteiger partial charge >= 0.3 is 0 Å². The van der Waals surface area contributed by atoms with Crippen LogP contribution in [0.1, 0.15) is 5.56 Å². The Morgan fingerprint density at radius 2 is 1.96 bits per heavy atom. The molecule has 0 bridgehead atoms. The number of methoxy groups -OCH3 is 1. The van der Waals surface area contributed by atoms with Gasteiger partial charge in [0.2, 0.25) is 5.91 Å². The van der Waals surface area contributed by atoms with Crippen molar-refractivity contribution in [1.82, 2.24) is 5.32 Å². The first kappa shape index (κ1) is 19.5. The summed E-state index contributed by atoms with van der Waals surface area (Å²) in [7, 11) is 1.57. The van der Waals surface area contributed by atoms with Gasteiger partial charge in [-0.25, -0.2) is 0 Å². The minimum absolute atomic E-state index is 0.0436. The third-order valence-corrected chi connectivity index (χ3v) is 5.26. The molecule has 0 aromatic heterocycles. The van der Waals surface area contributed by atoms with Crippen LogP contribution in [-0.2, 0) is 14.3 Å². The topological polar surface area (TPSA) is 58.6 Å². The molecular weight excluding hydrogens is 384 g/mol. The number of ether oxygens (including phenoxy) is 1. The number of nitrogens with one attached hydrogen (secondary N) is 1. The minimum atomic E-state index is -0.229. The molecule has 1 heterocycles. The SMILES string of the molecule is COCCNC(=O)CN1C(=O)/C(=C/c2ccc(Cl)cc2)Sc2ccccc21. The fraction of sp³-hybridized carbons (Fsp3) is 0.200. The van der Waals surface area contributed by atoms with E-state index in [1.807, 2.05) is 42.5 Å². The molecule has 0 saturated heterocycles. The normalized spacial score (nSPS) is 15.0. The Bertz CT molecular complexity index is 868. The van der Waals surface area contributed by atoms with E-state index in [0.29, 0.717) is 23.1 Å². The van der Waals surface area contributed by atoms with Gasteiger partial charge in [0.1, 0.15) is 6.54 Å². The lowest BCUT2D eigenvalue weighted by Crippen LogP contribution is -2.43. The van der Waals surface area contributed by atoms with Gasteiger partial charge in [0.15, 0.2) is 0 Å². The number of carbonyl (C=O) groups is 2. The van der Waals surface area contributed by atoms with E-state index in [0.717, 1.165) is 16.1 Å². The molecule has 27 heavy (non-hydrogen) atoms. The van der Waals surface area contributed by atoms with E-state index in [2.05, 4.69) is 5.32 Å². The number of amides is 2. The molecule has 0 saturated carbocycles. The first-order valence-corrected chi connectivity index (χ1v) is 9.59. The number of anilines is 1. The summed E-state index contributed by atoms with van der Waals surface area (Å²) >= 11 is 7.33. The van der Waals surface area contributed by atoms with Gasteiger partial charge in [0, 0.05) is 23.6 Å². The van der Waals surface area contributed by atoms with Gasteiger partial charge in [-0.05, 0) is 35.9 Å². The summed E-state index contributed by atoms with van der Waals surface area (Å²) in [4.78, 5) is 28.3. The molecule has 1 aliphatic rings. The molecule has 2 aromatic carbocycles. The molecule has 0 atom stereocenters. The van der Waals surface area contributed by atoms with Crippen LogP contribution in [0.25, 0.3) is 6.08 Å². The van der Waals surface area contributed by atoms with Crippen molar-refractivity contribution in [2.24, 2.45) is 0 Å². The van der Waals surface area contributed by atoms with E-state index in [1.165, 1.54) is 16.7 Å². The van der Waals surface area contributed by atoms with Crippen LogP contribution in [-0.4, -0.2) is 38.6 Å². The van der Waals surface area contributed by atoms with Crippen LogP contribution in [0.5, 0.6) is 0 Å². The molecule has 140 valence electrons.